The molecule has 0 heterocycles. The van der Waals surface area contributed by atoms with Gasteiger partial charge in [0.25, 0.3) is 0 Å². The van der Waals surface area contributed by atoms with Crippen LogP contribution in [0.4, 0.5) is 0 Å². The van der Waals surface area contributed by atoms with Crippen LogP contribution in [0, 0.1) is 22.7 Å². The second-order valence-electron chi connectivity index (χ2n) is 8.83. The SMILES string of the molecule is COC(=O)C(CCC1C2(C)CCC(C2)C1(C)C)NC(=O)[C@@H](N)CC(=O)O. The molecule has 2 rings (SSSR count). The zero-order chi connectivity index (χ0) is 19.7. The minimum absolute atomic E-state index is 0.220. The predicted octanol–water partition coefficient (Wildman–Crippen LogP) is 1.69. The Hall–Kier alpha value is -1.63. The number of nitrogens with two attached hydrogens (primary N) is 1. The molecule has 0 aromatic rings. The molecule has 4 N–H and O–H groups in total. The first-order chi connectivity index (χ1) is 12.0. The lowest BCUT2D eigenvalue weighted by Gasteiger charge is -2.43. The molecule has 2 fully saturated rings. The van der Waals surface area contributed by atoms with Gasteiger partial charge in [-0.15, -0.1) is 0 Å². The van der Waals surface area contributed by atoms with Gasteiger partial charge in [0.1, 0.15) is 6.04 Å². The summed E-state index contributed by atoms with van der Waals surface area (Å²) in [5, 5.41) is 11.3. The zero-order valence-corrected chi connectivity index (χ0v) is 16.2. The third-order valence-electron chi connectivity index (χ3n) is 6.85. The van der Waals surface area contributed by atoms with E-state index in [2.05, 4.69) is 26.1 Å². The number of amides is 1. The number of aliphatic carboxylic acids is 1. The summed E-state index contributed by atoms with van der Waals surface area (Å²) in [5.41, 5.74) is 6.10. The number of methoxy groups -OCH3 is 1. The van der Waals surface area contributed by atoms with Crippen LogP contribution < -0.4 is 11.1 Å². The molecular weight excluding hydrogens is 336 g/mol. The van der Waals surface area contributed by atoms with Crippen molar-refractivity contribution in [3.8, 4) is 0 Å². The summed E-state index contributed by atoms with van der Waals surface area (Å²) in [4.78, 5) is 34.9. The van der Waals surface area contributed by atoms with E-state index in [1.54, 1.807) is 0 Å². The average molecular weight is 368 g/mol. The topological polar surface area (TPSA) is 119 Å². The molecule has 2 aliphatic carbocycles. The van der Waals surface area contributed by atoms with Crippen LogP contribution in [0.25, 0.3) is 0 Å². The molecule has 2 saturated carbocycles. The summed E-state index contributed by atoms with van der Waals surface area (Å²) >= 11 is 0. The van der Waals surface area contributed by atoms with Gasteiger partial charge in [-0.3, -0.25) is 9.59 Å². The Morgan fingerprint density at radius 2 is 1.96 bits per heavy atom. The van der Waals surface area contributed by atoms with Gasteiger partial charge >= 0.3 is 11.9 Å². The molecule has 7 nitrogen and oxygen atoms in total. The second-order valence-corrected chi connectivity index (χ2v) is 8.83. The van der Waals surface area contributed by atoms with Crippen molar-refractivity contribution in [2.45, 2.75) is 71.4 Å². The molecule has 2 aliphatic rings. The van der Waals surface area contributed by atoms with Gasteiger partial charge in [-0.1, -0.05) is 20.8 Å². The van der Waals surface area contributed by atoms with Crippen LogP contribution in [0.5, 0.6) is 0 Å². The Morgan fingerprint density at radius 1 is 1.31 bits per heavy atom. The minimum Gasteiger partial charge on any atom is -0.481 e. The zero-order valence-electron chi connectivity index (χ0n) is 16.2. The van der Waals surface area contributed by atoms with E-state index < -0.39 is 36.4 Å². The number of rotatable bonds is 8. The third-order valence-corrected chi connectivity index (χ3v) is 6.85. The van der Waals surface area contributed by atoms with Crippen molar-refractivity contribution in [1.29, 1.82) is 0 Å². The average Bonchev–Trinajstić information content (AvgIpc) is 3.02. The Kier molecular flexibility index (Phi) is 6.00. The molecule has 148 valence electrons. The van der Waals surface area contributed by atoms with E-state index in [4.69, 9.17) is 15.6 Å². The van der Waals surface area contributed by atoms with E-state index in [0.29, 0.717) is 23.7 Å². The van der Waals surface area contributed by atoms with Gasteiger partial charge in [0.2, 0.25) is 5.91 Å². The van der Waals surface area contributed by atoms with Crippen LogP contribution in [0.2, 0.25) is 0 Å². The summed E-state index contributed by atoms with van der Waals surface area (Å²) in [6, 6.07) is -1.98. The smallest absolute Gasteiger partial charge is 0.328 e. The molecule has 2 bridgehead atoms. The molecule has 26 heavy (non-hydrogen) atoms. The first-order valence-corrected chi connectivity index (χ1v) is 9.37. The Balaban J connectivity index is 2.01. The maximum Gasteiger partial charge on any atom is 0.328 e. The van der Waals surface area contributed by atoms with Crippen LogP contribution in [-0.2, 0) is 19.1 Å². The molecule has 0 saturated heterocycles. The molecule has 0 aromatic carbocycles. The van der Waals surface area contributed by atoms with E-state index in [-0.39, 0.29) is 5.41 Å². The van der Waals surface area contributed by atoms with Gasteiger partial charge in [-0.25, -0.2) is 4.79 Å². The fourth-order valence-electron chi connectivity index (χ4n) is 5.41. The van der Waals surface area contributed by atoms with Crippen molar-refractivity contribution in [2.24, 2.45) is 28.4 Å². The van der Waals surface area contributed by atoms with Gasteiger partial charge < -0.3 is 20.9 Å². The van der Waals surface area contributed by atoms with Crippen molar-refractivity contribution in [1.82, 2.24) is 5.32 Å². The lowest BCUT2D eigenvalue weighted by Crippen LogP contribution is -2.50. The monoisotopic (exact) mass is 368 g/mol. The van der Waals surface area contributed by atoms with Crippen molar-refractivity contribution >= 4 is 17.8 Å². The molecule has 0 aromatic heterocycles. The van der Waals surface area contributed by atoms with E-state index in [0.717, 1.165) is 6.42 Å². The summed E-state index contributed by atoms with van der Waals surface area (Å²) in [6.45, 7) is 6.95. The number of carbonyl (C=O) groups is 3. The maximum absolute atomic E-state index is 12.1. The fourth-order valence-corrected chi connectivity index (χ4v) is 5.41. The van der Waals surface area contributed by atoms with Crippen LogP contribution in [0.3, 0.4) is 0 Å². The van der Waals surface area contributed by atoms with Crippen LogP contribution in [0.15, 0.2) is 0 Å². The number of hydrogen-bond acceptors (Lipinski definition) is 5. The molecule has 4 unspecified atom stereocenters. The normalized spacial score (nSPS) is 31.3. The van der Waals surface area contributed by atoms with Crippen molar-refractivity contribution in [3.05, 3.63) is 0 Å². The summed E-state index contributed by atoms with van der Waals surface area (Å²) in [6.07, 6.45) is 4.51. The van der Waals surface area contributed by atoms with Crippen LogP contribution in [0.1, 0.15) is 59.3 Å². The Bertz CT molecular complexity index is 572. The summed E-state index contributed by atoms with van der Waals surface area (Å²) in [5.74, 6) is -1.12. The Morgan fingerprint density at radius 3 is 2.46 bits per heavy atom. The predicted molar refractivity (Wildman–Crippen MR) is 96.1 cm³/mol. The van der Waals surface area contributed by atoms with Gasteiger partial charge in [0.05, 0.1) is 19.6 Å². The summed E-state index contributed by atoms with van der Waals surface area (Å²) < 4.78 is 4.82. The minimum atomic E-state index is -1.18. The lowest BCUT2D eigenvalue weighted by atomic mass is 9.62. The van der Waals surface area contributed by atoms with E-state index >= 15 is 0 Å². The number of ether oxygens (including phenoxy) is 1. The number of nitrogens with one attached hydrogen (secondary N) is 1. The third kappa shape index (κ3) is 4.03. The number of carboxylic acids is 1. The van der Waals surface area contributed by atoms with Crippen LogP contribution in [-0.4, -0.2) is 42.1 Å². The standard InChI is InChI=1S/C19H32N2O5/c1-18(2)11-7-8-19(3,10-11)14(18)6-5-13(17(25)26-4)21-16(24)12(20)9-15(22)23/h11-14H,5-10,20H2,1-4H3,(H,21,24)(H,22,23)/t11?,12-,13?,14?,19?/m0/s1. The van der Waals surface area contributed by atoms with Gasteiger partial charge in [-0.05, 0) is 54.8 Å². The van der Waals surface area contributed by atoms with Crippen LogP contribution >= 0.6 is 0 Å². The second kappa shape index (κ2) is 7.55. The molecule has 0 aliphatic heterocycles. The number of esters is 1. The first-order valence-electron chi connectivity index (χ1n) is 9.37. The highest BCUT2D eigenvalue weighted by Crippen LogP contribution is 2.67. The molecule has 7 heteroatoms. The maximum atomic E-state index is 12.1. The highest BCUT2D eigenvalue weighted by molar-refractivity contribution is 5.89. The van der Waals surface area contributed by atoms with E-state index in [1.807, 2.05) is 0 Å². The van der Waals surface area contributed by atoms with Crippen molar-refractivity contribution in [2.75, 3.05) is 7.11 Å². The molecule has 0 radical (unpaired) electrons. The van der Waals surface area contributed by atoms with Gasteiger partial charge in [0.15, 0.2) is 0 Å². The fraction of sp³-hybridized carbons (Fsp3) is 0.842. The molecule has 5 atom stereocenters. The quantitative estimate of drug-likeness (QED) is 0.561. The number of hydrogen-bond donors (Lipinski definition) is 3. The molecular formula is C19H32N2O5. The largest absolute Gasteiger partial charge is 0.481 e. The highest BCUT2D eigenvalue weighted by atomic mass is 16.5. The number of carbonyl (C=O) groups excluding carboxylic acids is 2. The highest BCUT2D eigenvalue weighted by Gasteiger charge is 2.58. The van der Waals surface area contributed by atoms with Crippen molar-refractivity contribution in [3.63, 3.8) is 0 Å². The van der Waals surface area contributed by atoms with Gasteiger partial charge in [0, 0.05) is 0 Å². The molecule has 1 amide bonds. The van der Waals surface area contributed by atoms with Gasteiger partial charge in [-0.2, -0.15) is 0 Å². The Labute approximate surface area is 155 Å². The summed E-state index contributed by atoms with van der Waals surface area (Å²) in [7, 11) is 1.28. The van der Waals surface area contributed by atoms with Crippen molar-refractivity contribution < 1.29 is 24.2 Å². The molecule has 0 spiro atoms. The lowest BCUT2D eigenvalue weighted by molar-refractivity contribution is -0.146. The number of fused-ring (bicyclic) bond motifs is 2. The van der Waals surface area contributed by atoms with E-state index in [1.165, 1.54) is 26.4 Å². The first kappa shape index (κ1) is 20.7. The van der Waals surface area contributed by atoms with E-state index in [9.17, 15) is 14.4 Å². The number of carboxylic acid groups (broad SMARTS) is 1.